The van der Waals surface area contributed by atoms with Crippen molar-refractivity contribution < 1.29 is 18.3 Å². The minimum absolute atomic E-state index is 0.123. The lowest BCUT2D eigenvalue weighted by Crippen LogP contribution is -2.13. The first-order chi connectivity index (χ1) is 13.0. The lowest BCUT2D eigenvalue weighted by Gasteiger charge is -2.09. The SMILES string of the molecule is COc1ccc(Nc2ccc(C(=O)Nc3ccc(F)c(F)c3)nc2)cc1Cl. The second-order valence-corrected chi connectivity index (χ2v) is 5.90. The van der Waals surface area contributed by atoms with E-state index < -0.39 is 17.5 Å². The molecule has 3 rings (SSSR count). The maximum absolute atomic E-state index is 13.2. The predicted molar refractivity (Wildman–Crippen MR) is 99.8 cm³/mol. The normalized spacial score (nSPS) is 10.4. The molecule has 1 heterocycles. The van der Waals surface area contributed by atoms with Gasteiger partial charge in [-0.25, -0.2) is 13.8 Å². The van der Waals surface area contributed by atoms with Gasteiger partial charge in [0.1, 0.15) is 11.4 Å². The molecule has 2 aromatic carbocycles. The van der Waals surface area contributed by atoms with E-state index in [1.165, 1.54) is 25.4 Å². The molecule has 0 bridgehead atoms. The minimum atomic E-state index is -1.04. The quantitative estimate of drug-likeness (QED) is 0.643. The fourth-order valence-electron chi connectivity index (χ4n) is 2.28. The molecule has 0 unspecified atom stereocenters. The molecule has 2 N–H and O–H groups in total. The van der Waals surface area contributed by atoms with Gasteiger partial charge in [-0.1, -0.05) is 11.6 Å². The number of benzene rings is 2. The summed E-state index contributed by atoms with van der Waals surface area (Å²) in [7, 11) is 1.53. The summed E-state index contributed by atoms with van der Waals surface area (Å²) in [5.74, 6) is -2.01. The van der Waals surface area contributed by atoms with Gasteiger partial charge in [-0.3, -0.25) is 4.79 Å². The highest BCUT2D eigenvalue weighted by molar-refractivity contribution is 6.32. The van der Waals surface area contributed by atoms with E-state index in [2.05, 4.69) is 15.6 Å². The predicted octanol–water partition coefficient (Wildman–Crippen LogP) is 5.02. The van der Waals surface area contributed by atoms with Crippen LogP contribution in [0.1, 0.15) is 10.5 Å². The molecule has 0 radical (unpaired) electrons. The summed E-state index contributed by atoms with van der Waals surface area (Å²) in [6.07, 6.45) is 1.47. The first-order valence-electron chi connectivity index (χ1n) is 7.79. The molecule has 0 fully saturated rings. The Morgan fingerprint density at radius 3 is 2.37 bits per heavy atom. The summed E-state index contributed by atoms with van der Waals surface area (Å²) in [5.41, 5.74) is 1.62. The number of carbonyl (C=O) groups excluding carboxylic acids is 1. The first-order valence-corrected chi connectivity index (χ1v) is 8.17. The molecule has 0 spiro atoms. The molecule has 1 aromatic heterocycles. The van der Waals surface area contributed by atoms with Crippen LogP contribution in [-0.2, 0) is 0 Å². The van der Waals surface area contributed by atoms with Crippen LogP contribution in [0, 0.1) is 11.6 Å². The summed E-state index contributed by atoms with van der Waals surface area (Å²) < 4.78 is 31.2. The van der Waals surface area contributed by atoms with Crippen molar-refractivity contribution in [2.45, 2.75) is 0 Å². The monoisotopic (exact) mass is 389 g/mol. The van der Waals surface area contributed by atoms with Gasteiger partial charge in [0.2, 0.25) is 0 Å². The second kappa shape index (κ2) is 8.01. The minimum Gasteiger partial charge on any atom is -0.495 e. The molecule has 0 aliphatic carbocycles. The standard InChI is InChI=1S/C19H14ClF2N3O2/c1-27-18-7-4-11(8-14(18)20)24-13-3-6-17(23-10-13)19(26)25-12-2-5-15(21)16(22)9-12/h2-10,24H,1H3,(H,25,26). The van der Waals surface area contributed by atoms with Crippen LogP contribution in [0.5, 0.6) is 5.75 Å². The van der Waals surface area contributed by atoms with Gasteiger partial charge in [-0.2, -0.15) is 0 Å². The molecule has 138 valence electrons. The van der Waals surface area contributed by atoms with Gasteiger partial charge in [0.15, 0.2) is 11.6 Å². The topological polar surface area (TPSA) is 63.2 Å². The molecule has 3 aromatic rings. The molecule has 5 nitrogen and oxygen atoms in total. The van der Waals surface area contributed by atoms with Gasteiger partial charge in [0, 0.05) is 17.4 Å². The number of hydrogen-bond acceptors (Lipinski definition) is 4. The molecule has 27 heavy (non-hydrogen) atoms. The van der Waals surface area contributed by atoms with E-state index in [1.54, 1.807) is 24.3 Å². The number of anilines is 3. The molecule has 0 saturated carbocycles. The van der Waals surface area contributed by atoms with E-state index in [0.717, 1.165) is 17.8 Å². The highest BCUT2D eigenvalue weighted by Crippen LogP contribution is 2.28. The number of amides is 1. The van der Waals surface area contributed by atoms with E-state index in [4.69, 9.17) is 16.3 Å². The molecular weight excluding hydrogens is 376 g/mol. The maximum Gasteiger partial charge on any atom is 0.274 e. The van der Waals surface area contributed by atoms with Gasteiger partial charge in [0.05, 0.1) is 24.0 Å². The lowest BCUT2D eigenvalue weighted by molar-refractivity contribution is 0.102. The summed E-state index contributed by atoms with van der Waals surface area (Å²) in [5, 5.41) is 6.01. The molecule has 1 amide bonds. The molecule has 0 aliphatic heterocycles. The van der Waals surface area contributed by atoms with Crippen LogP contribution in [0.25, 0.3) is 0 Å². The van der Waals surface area contributed by atoms with E-state index in [0.29, 0.717) is 16.5 Å². The van der Waals surface area contributed by atoms with Crippen LogP contribution in [0.15, 0.2) is 54.7 Å². The molecule has 0 aliphatic rings. The fraction of sp³-hybridized carbons (Fsp3) is 0.0526. The Bertz CT molecular complexity index is 981. The average Bonchev–Trinajstić information content (AvgIpc) is 2.65. The lowest BCUT2D eigenvalue weighted by atomic mass is 10.2. The number of rotatable bonds is 5. The molecular formula is C19H14ClF2N3O2. The number of carbonyl (C=O) groups is 1. The van der Waals surface area contributed by atoms with E-state index in [1.807, 2.05) is 0 Å². The van der Waals surface area contributed by atoms with Crippen molar-refractivity contribution in [2.24, 2.45) is 0 Å². The van der Waals surface area contributed by atoms with Crippen molar-refractivity contribution in [1.29, 1.82) is 0 Å². The molecule has 8 heteroatoms. The largest absolute Gasteiger partial charge is 0.495 e. The number of methoxy groups -OCH3 is 1. The summed E-state index contributed by atoms with van der Waals surface area (Å²) in [6.45, 7) is 0. The first kappa shape index (κ1) is 18.6. The third-order valence-corrected chi connectivity index (χ3v) is 3.91. The van der Waals surface area contributed by atoms with E-state index >= 15 is 0 Å². The molecule has 0 saturated heterocycles. The van der Waals surface area contributed by atoms with Crippen molar-refractivity contribution in [3.8, 4) is 5.75 Å². The Labute approximate surface area is 159 Å². The number of aromatic nitrogens is 1. The third kappa shape index (κ3) is 4.51. The van der Waals surface area contributed by atoms with Gasteiger partial charge in [0.25, 0.3) is 5.91 Å². The number of halogens is 3. The smallest absolute Gasteiger partial charge is 0.274 e. The Morgan fingerprint density at radius 1 is 1.00 bits per heavy atom. The van der Waals surface area contributed by atoms with Gasteiger partial charge < -0.3 is 15.4 Å². The van der Waals surface area contributed by atoms with Crippen LogP contribution in [0.2, 0.25) is 5.02 Å². The zero-order valence-corrected chi connectivity index (χ0v) is 14.8. The van der Waals surface area contributed by atoms with Crippen molar-refractivity contribution >= 4 is 34.6 Å². The Morgan fingerprint density at radius 2 is 1.74 bits per heavy atom. The zero-order chi connectivity index (χ0) is 19.4. The zero-order valence-electron chi connectivity index (χ0n) is 14.1. The highest BCUT2D eigenvalue weighted by Gasteiger charge is 2.10. The second-order valence-electron chi connectivity index (χ2n) is 5.49. The third-order valence-electron chi connectivity index (χ3n) is 3.61. The Hall–Kier alpha value is -3.19. The van der Waals surface area contributed by atoms with Crippen LogP contribution in [0.4, 0.5) is 25.8 Å². The van der Waals surface area contributed by atoms with Crippen molar-refractivity contribution in [1.82, 2.24) is 4.98 Å². The number of pyridine rings is 1. The van der Waals surface area contributed by atoms with E-state index in [-0.39, 0.29) is 11.4 Å². The fourth-order valence-corrected chi connectivity index (χ4v) is 2.54. The van der Waals surface area contributed by atoms with Crippen molar-refractivity contribution in [3.05, 3.63) is 77.1 Å². The maximum atomic E-state index is 13.2. The van der Waals surface area contributed by atoms with Gasteiger partial charge in [-0.05, 0) is 42.5 Å². The number of ether oxygens (including phenoxy) is 1. The van der Waals surface area contributed by atoms with Crippen LogP contribution in [0.3, 0.4) is 0 Å². The number of hydrogen-bond donors (Lipinski definition) is 2. The Balaban J connectivity index is 1.68. The average molecular weight is 390 g/mol. The van der Waals surface area contributed by atoms with Gasteiger partial charge in [-0.15, -0.1) is 0 Å². The highest BCUT2D eigenvalue weighted by atomic mass is 35.5. The summed E-state index contributed by atoms with van der Waals surface area (Å²) in [4.78, 5) is 16.2. The van der Waals surface area contributed by atoms with E-state index in [9.17, 15) is 13.6 Å². The van der Waals surface area contributed by atoms with Crippen LogP contribution in [-0.4, -0.2) is 18.0 Å². The molecule has 0 atom stereocenters. The Kier molecular flexibility index (Phi) is 5.52. The summed E-state index contributed by atoms with van der Waals surface area (Å²) in [6, 6.07) is 11.5. The van der Waals surface area contributed by atoms with Crippen molar-refractivity contribution in [3.63, 3.8) is 0 Å². The van der Waals surface area contributed by atoms with Crippen LogP contribution >= 0.6 is 11.6 Å². The summed E-state index contributed by atoms with van der Waals surface area (Å²) >= 11 is 6.08. The van der Waals surface area contributed by atoms with Crippen molar-refractivity contribution in [2.75, 3.05) is 17.7 Å². The van der Waals surface area contributed by atoms with Gasteiger partial charge >= 0.3 is 0 Å². The number of nitrogens with one attached hydrogen (secondary N) is 2. The number of nitrogens with zero attached hydrogens (tertiary/aromatic N) is 1. The van der Waals surface area contributed by atoms with Crippen LogP contribution < -0.4 is 15.4 Å².